The molecule has 0 spiro atoms. The third-order valence-electron chi connectivity index (χ3n) is 3.63. The fourth-order valence-electron chi connectivity index (χ4n) is 2.34. The van der Waals surface area contributed by atoms with E-state index in [1.165, 1.54) is 16.0 Å². The highest BCUT2D eigenvalue weighted by Gasteiger charge is 2.05. The Bertz CT molecular complexity index is 744. The fourth-order valence-corrected chi connectivity index (χ4v) is 2.96. The van der Waals surface area contributed by atoms with Crippen molar-refractivity contribution in [3.63, 3.8) is 0 Å². The van der Waals surface area contributed by atoms with Gasteiger partial charge in [-0.15, -0.1) is 11.8 Å². The molecule has 0 aliphatic rings. The molecule has 0 fully saturated rings. The molecule has 1 heterocycles. The quantitative estimate of drug-likeness (QED) is 0.576. The molecule has 0 unspecified atom stereocenters. The Morgan fingerprint density at radius 2 is 1.77 bits per heavy atom. The molecule has 0 aliphatic carbocycles. The molecule has 22 heavy (non-hydrogen) atoms. The summed E-state index contributed by atoms with van der Waals surface area (Å²) >= 11 is 1.76. The summed E-state index contributed by atoms with van der Waals surface area (Å²) in [4.78, 5) is 1.28. The van der Waals surface area contributed by atoms with Crippen LogP contribution >= 0.6 is 11.8 Å². The summed E-state index contributed by atoms with van der Waals surface area (Å²) in [7, 11) is 0. The number of aryl methyl sites for hydroxylation is 1. The van der Waals surface area contributed by atoms with Crippen LogP contribution in [-0.4, -0.2) is 6.26 Å². The van der Waals surface area contributed by atoms with E-state index in [0.717, 1.165) is 17.1 Å². The van der Waals surface area contributed by atoms with E-state index in [1.54, 1.807) is 18.0 Å². The van der Waals surface area contributed by atoms with Gasteiger partial charge >= 0.3 is 0 Å². The van der Waals surface area contributed by atoms with E-state index in [9.17, 15) is 0 Å². The number of rotatable bonds is 5. The minimum Gasteiger partial charge on any atom is -0.489 e. The fraction of sp³-hybridized carbons (Fsp3) is 0.158. The summed E-state index contributed by atoms with van der Waals surface area (Å²) < 4.78 is 11.1. The van der Waals surface area contributed by atoms with Crippen molar-refractivity contribution in [1.82, 2.24) is 0 Å². The highest BCUT2D eigenvalue weighted by atomic mass is 32.2. The van der Waals surface area contributed by atoms with Crippen molar-refractivity contribution in [2.75, 3.05) is 6.26 Å². The average Bonchev–Trinajstić information content (AvgIpc) is 2.98. The Balaban J connectivity index is 1.74. The highest BCUT2D eigenvalue weighted by Crippen LogP contribution is 2.31. The lowest BCUT2D eigenvalue weighted by molar-refractivity contribution is 0.303. The van der Waals surface area contributed by atoms with Crippen LogP contribution in [0, 0.1) is 6.92 Å². The van der Waals surface area contributed by atoms with Gasteiger partial charge in [-0.25, -0.2) is 0 Å². The van der Waals surface area contributed by atoms with Gasteiger partial charge in [0.05, 0.1) is 6.26 Å². The van der Waals surface area contributed by atoms with E-state index in [2.05, 4.69) is 42.7 Å². The second-order valence-electron chi connectivity index (χ2n) is 5.02. The molecular formula is C19H18O2S. The molecule has 112 valence electrons. The van der Waals surface area contributed by atoms with Gasteiger partial charge in [0.2, 0.25) is 0 Å². The van der Waals surface area contributed by atoms with Crippen LogP contribution in [0.2, 0.25) is 0 Å². The van der Waals surface area contributed by atoms with Gasteiger partial charge in [0, 0.05) is 10.5 Å². The van der Waals surface area contributed by atoms with Crippen LogP contribution in [0.3, 0.4) is 0 Å². The highest BCUT2D eigenvalue weighted by molar-refractivity contribution is 7.98. The van der Waals surface area contributed by atoms with E-state index in [4.69, 9.17) is 9.15 Å². The third kappa shape index (κ3) is 3.20. The Morgan fingerprint density at radius 1 is 1.00 bits per heavy atom. The van der Waals surface area contributed by atoms with E-state index in [1.807, 2.05) is 25.1 Å². The number of hydrogen-bond acceptors (Lipinski definition) is 3. The van der Waals surface area contributed by atoms with Gasteiger partial charge < -0.3 is 9.15 Å². The molecule has 3 heteroatoms. The second-order valence-corrected chi connectivity index (χ2v) is 5.86. The molecule has 3 aromatic rings. The maximum absolute atomic E-state index is 5.81. The molecule has 1 aromatic heterocycles. The van der Waals surface area contributed by atoms with Crippen LogP contribution in [0.4, 0.5) is 0 Å². The maximum atomic E-state index is 5.81. The summed E-state index contributed by atoms with van der Waals surface area (Å²) in [6.45, 7) is 2.48. The average molecular weight is 310 g/mol. The number of benzene rings is 2. The Kier molecular flexibility index (Phi) is 4.54. The molecule has 0 saturated heterocycles. The van der Waals surface area contributed by atoms with Crippen LogP contribution in [0.5, 0.6) is 5.75 Å². The summed E-state index contributed by atoms with van der Waals surface area (Å²) in [5.74, 6) is 1.77. The van der Waals surface area contributed by atoms with Crippen molar-refractivity contribution in [1.29, 1.82) is 0 Å². The number of thioether (sulfide) groups is 1. The van der Waals surface area contributed by atoms with Crippen molar-refractivity contribution >= 4 is 11.8 Å². The summed E-state index contributed by atoms with van der Waals surface area (Å²) in [5, 5.41) is 0. The van der Waals surface area contributed by atoms with Crippen LogP contribution in [0.15, 0.2) is 70.2 Å². The summed E-state index contributed by atoms with van der Waals surface area (Å²) in [6.07, 6.45) is 3.79. The van der Waals surface area contributed by atoms with Gasteiger partial charge in [0.25, 0.3) is 0 Å². The van der Waals surface area contributed by atoms with Crippen molar-refractivity contribution in [2.24, 2.45) is 0 Å². The van der Waals surface area contributed by atoms with E-state index in [0.29, 0.717) is 6.61 Å². The number of furan rings is 1. The minimum atomic E-state index is 0.531. The van der Waals surface area contributed by atoms with Crippen LogP contribution < -0.4 is 4.74 Å². The van der Waals surface area contributed by atoms with Crippen molar-refractivity contribution in [3.05, 3.63) is 72.2 Å². The molecule has 0 radical (unpaired) electrons. The molecule has 2 nitrogen and oxygen atoms in total. The van der Waals surface area contributed by atoms with E-state index in [-0.39, 0.29) is 0 Å². The normalized spacial score (nSPS) is 10.6. The topological polar surface area (TPSA) is 22.4 Å². The lowest BCUT2D eigenvalue weighted by atomic mass is 10.1. The Morgan fingerprint density at radius 3 is 2.45 bits per heavy atom. The zero-order valence-electron chi connectivity index (χ0n) is 12.7. The molecule has 0 aliphatic heterocycles. The molecule has 0 saturated carbocycles. The summed E-state index contributed by atoms with van der Waals surface area (Å²) in [6, 6.07) is 18.6. The smallest absolute Gasteiger partial charge is 0.119 e. The first-order valence-electron chi connectivity index (χ1n) is 7.17. The number of ether oxygens (including phenoxy) is 1. The van der Waals surface area contributed by atoms with Crippen LogP contribution in [0.1, 0.15) is 11.3 Å². The lowest BCUT2D eigenvalue weighted by Crippen LogP contribution is -1.95. The monoisotopic (exact) mass is 310 g/mol. The largest absolute Gasteiger partial charge is 0.489 e. The first-order chi connectivity index (χ1) is 10.8. The Labute approximate surface area is 135 Å². The zero-order valence-corrected chi connectivity index (χ0v) is 13.5. The number of hydrogen-bond donors (Lipinski definition) is 0. The molecule has 3 rings (SSSR count). The van der Waals surface area contributed by atoms with Gasteiger partial charge in [0.15, 0.2) is 0 Å². The summed E-state index contributed by atoms with van der Waals surface area (Å²) in [5.41, 5.74) is 3.54. The SMILES string of the molecule is CSc1ccccc1-c1ccc(OCc2ccoc2C)cc1. The standard InChI is InChI=1S/C19H18O2S/c1-14-16(11-12-20-14)13-21-17-9-7-15(8-10-17)18-5-3-4-6-19(18)22-2/h3-12H,13H2,1-2H3. The predicted octanol–water partition coefficient (Wildman–Crippen LogP) is 5.56. The first-order valence-corrected chi connectivity index (χ1v) is 8.39. The van der Waals surface area contributed by atoms with E-state index >= 15 is 0 Å². The molecular weight excluding hydrogens is 292 g/mol. The van der Waals surface area contributed by atoms with Gasteiger partial charge in [-0.2, -0.15) is 0 Å². The van der Waals surface area contributed by atoms with Gasteiger partial charge in [-0.3, -0.25) is 0 Å². The minimum absolute atomic E-state index is 0.531. The predicted molar refractivity (Wildman–Crippen MR) is 91.4 cm³/mol. The second kappa shape index (κ2) is 6.75. The molecule has 0 N–H and O–H groups in total. The molecule has 0 amide bonds. The van der Waals surface area contributed by atoms with Crippen LogP contribution in [-0.2, 0) is 6.61 Å². The first kappa shape index (κ1) is 14.8. The van der Waals surface area contributed by atoms with Crippen molar-refractivity contribution in [3.8, 4) is 16.9 Å². The van der Waals surface area contributed by atoms with Gasteiger partial charge in [-0.05, 0) is 48.6 Å². The third-order valence-corrected chi connectivity index (χ3v) is 4.43. The zero-order chi connectivity index (χ0) is 15.4. The molecule has 2 aromatic carbocycles. The van der Waals surface area contributed by atoms with Gasteiger partial charge in [0.1, 0.15) is 18.1 Å². The molecule has 0 atom stereocenters. The maximum Gasteiger partial charge on any atom is 0.119 e. The van der Waals surface area contributed by atoms with Gasteiger partial charge in [-0.1, -0.05) is 30.3 Å². The van der Waals surface area contributed by atoms with Crippen molar-refractivity contribution < 1.29 is 9.15 Å². The van der Waals surface area contributed by atoms with E-state index < -0.39 is 0 Å². The molecule has 0 bridgehead atoms. The lowest BCUT2D eigenvalue weighted by Gasteiger charge is -2.09. The van der Waals surface area contributed by atoms with Crippen molar-refractivity contribution in [2.45, 2.75) is 18.4 Å². The Hall–Kier alpha value is -2.13. The van der Waals surface area contributed by atoms with Crippen LogP contribution in [0.25, 0.3) is 11.1 Å².